The Labute approximate surface area is 117 Å². The van der Waals surface area contributed by atoms with E-state index in [0.29, 0.717) is 19.5 Å². The molecule has 1 saturated heterocycles. The van der Waals surface area contributed by atoms with E-state index >= 15 is 0 Å². The lowest BCUT2D eigenvalue weighted by atomic mass is 9.84. The Bertz CT molecular complexity index is 422. The van der Waals surface area contributed by atoms with Crippen molar-refractivity contribution in [2.45, 2.75) is 19.3 Å². The molecule has 0 saturated carbocycles. The molecule has 0 aromatic heterocycles. The first-order valence-corrected chi connectivity index (χ1v) is 7.84. The molecule has 1 amide bonds. The highest BCUT2D eigenvalue weighted by atomic mass is 32.2. The molecule has 0 N–H and O–H groups in total. The maximum Gasteiger partial charge on any atom is 0.247 e. The summed E-state index contributed by atoms with van der Waals surface area (Å²) in [5.41, 5.74) is 0. The van der Waals surface area contributed by atoms with Crippen LogP contribution in [0.2, 0.25) is 0 Å². The van der Waals surface area contributed by atoms with E-state index in [1.54, 1.807) is 16.7 Å². The summed E-state index contributed by atoms with van der Waals surface area (Å²) in [6.07, 6.45) is 6.32. The summed E-state index contributed by atoms with van der Waals surface area (Å²) in [5.74, 6) is 0.0592. The molecule has 2 unspecified atom stereocenters. The number of ketones is 1. The lowest BCUT2D eigenvalue weighted by Gasteiger charge is -2.29. The maximum absolute atomic E-state index is 12.3. The summed E-state index contributed by atoms with van der Waals surface area (Å²) in [4.78, 5) is 26.2. The lowest BCUT2D eigenvalue weighted by molar-refractivity contribution is -0.140. The second-order valence-electron chi connectivity index (χ2n) is 4.88. The van der Waals surface area contributed by atoms with Gasteiger partial charge in [-0.15, -0.1) is 0 Å². The van der Waals surface area contributed by atoms with Gasteiger partial charge < -0.3 is 4.90 Å². The summed E-state index contributed by atoms with van der Waals surface area (Å²) in [5, 5.41) is 9.19. The number of hydrogen-bond donors (Lipinski definition) is 0. The van der Waals surface area contributed by atoms with Crippen molar-refractivity contribution in [2.24, 2.45) is 11.8 Å². The predicted octanol–water partition coefficient (Wildman–Crippen LogP) is 1.63. The summed E-state index contributed by atoms with van der Waals surface area (Å²) in [6.45, 7) is 1.30. The number of carbonyl (C=O) groups excluding carboxylic acids is 2. The fourth-order valence-corrected chi connectivity index (χ4v) is 3.40. The van der Waals surface area contributed by atoms with Gasteiger partial charge in [-0.25, -0.2) is 0 Å². The SMILES string of the molecule is N#CC(C(=O)C1CC=CCC1)C(=O)N1CCSCC1. The second kappa shape index (κ2) is 6.76. The Balaban J connectivity index is 2.02. The minimum Gasteiger partial charge on any atom is -0.340 e. The van der Waals surface area contributed by atoms with E-state index in [-0.39, 0.29) is 17.6 Å². The zero-order valence-corrected chi connectivity index (χ0v) is 11.7. The molecule has 4 nitrogen and oxygen atoms in total. The fraction of sp³-hybridized carbons (Fsp3) is 0.643. The average molecular weight is 278 g/mol. The van der Waals surface area contributed by atoms with Gasteiger partial charge in [0.25, 0.3) is 0 Å². The van der Waals surface area contributed by atoms with Crippen LogP contribution in [0.4, 0.5) is 0 Å². The summed E-state index contributed by atoms with van der Waals surface area (Å²) < 4.78 is 0. The van der Waals surface area contributed by atoms with E-state index in [1.165, 1.54) is 0 Å². The van der Waals surface area contributed by atoms with Gasteiger partial charge in [0.1, 0.15) is 0 Å². The van der Waals surface area contributed by atoms with Crippen LogP contribution in [0.1, 0.15) is 19.3 Å². The molecule has 0 spiro atoms. The Morgan fingerprint density at radius 2 is 2.05 bits per heavy atom. The van der Waals surface area contributed by atoms with Crippen molar-refractivity contribution >= 4 is 23.5 Å². The highest BCUT2D eigenvalue weighted by Crippen LogP contribution is 2.23. The Hall–Kier alpha value is -1.28. The number of hydrogen-bond acceptors (Lipinski definition) is 4. The van der Waals surface area contributed by atoms with Crippen LogP contribution in [0.5, 0.6) is 0 Å². The molecule has 1 heterocycles. The Kier molecular flexibility index (Phi) is 5.03. The van der Waals surface area contributed by atoms with Gasteiger partial charge in [0, 0.05) is 30.5 Å². The van der Waals surface area contributed by atoms with E-state index in [9.17, 15) is 14.9 Å². The van der Waals surface area contributed by atoms with Crippen molar-refractivity contribution in [2.75, 3.05) is 24.6 Å². The number of rotatable bonds is 3. The average Bonchev–Trinajstić information content (AvgIpc) is 2.49. The summed E-state index contributed by atoms with van der Waals surface area (Å²) >= 11 is 1.80. The van der Waals surface area contributed by atoms with Crippen molar-refractivity contribution < 1.29 is 9.59 Å². The molecular weight excluding hydrogens is 260 g/mol. The third-order valence-electron chi connectivity index (χ3n) is 3.65. The number of carbonyl (C=O) groups is 2. The number of nitrogens with zero attached hydrogens (tertiary/aromatic N) is 2. The van der Waals surface area contributed by atoms with E-state index in [0.717, 1.165) is 24.3 Å². The first kappa shape index (κ1) is 14.1. The highest BCUT2D eigenvalue weighted by Gasteiger charge is 2.35. The van der Waals surface area contributed by atoms with Crippen LogP contribution >= 0.6 is 11.8 Å². The number of Topliss-reactive ketones (excluding diaryl/α,β-unsaturated/α-hetero) is 1. The van der Waals surface area contributed by atoms with Gasteiger partial charge in [-0.2, -0.15) is 17.0 Å². The zero-order chi connectivity index (χ0) is 13.7. The Morgan fingerprint density at radius 3 is 2.63 bits per heavy atom. The molecule has 2 atom stereocenters. The van der Waals surface area contributed by atoms with Crippen LogP contribution in [0, 0.1) is 23.2 Å². The van der Waals surface area contributed by atoms with Crippen LogP contribution in [-0.2, 0) is 9.59 Å². The maximum atomic E-state index is 12.3. The van der Waals surface area contributed by atoms with E-state index in [1.807, 2.05) is 12.1 Å². The number of amides is 1. The largest absolute Gasteiger partial charge is 0.340 e. The minimum atomic E-state index is -1.10. The molecule has 1 aliphatic heterocycles. The first-order chi connectivity index (χ1) is 9.24. The molecule has 0 radical (unpaired) electrons. The first-order valence-electron chi connectivity index (χ1n) is 6.69. The number of allylic oxidation sites excluding steroid dienone is 2. The lowest BCUT2D eigenvalue weighted by Crippen LogP contribution is -2.44. The zero-order valence-electron chi connectivity index (χ0n) is 10.9. The Morgan fingerprint density at radius 1 is 1.32 bits per heavy atom. The highest BCUT2D eigenvalue weighted by molar-refractivity contribution is 7.99. The standard InChI is InChI=1S/C14H18N2O2S/c15-10-12(13(17)11-4-2-1-3-5-11)14(18)16-6-8-19-9-7-16/h1-2,11-12H,3-9H2. The van der Waals surface area contributed by atoms with Crippen molar-refractivity contribution in [3.05, 3.63) is 12.2 Å². The van der Waals surface area contributed by atoms with Crippen LogP contribution in [0.3, 0.4) is 0 Å². The quantitative estimate of drug-likeness (QED) is 0.581. The molecule has 2 rings (SSSR count). The molecule has 2 aliphatic rings. The van der Waals surface area contributed by atoms with Gasteiger partial charge in [-0.05, 0) is 19.3 Å². The summed E-state index contributed by atoms with van der Waals surface area (Å²) in [7, 11) is 0. The van der Waals surface area contributed by atoms with Crippen molar-refractivity contribution in [3.63, 3.8) is 0 Å². The van der Waals surface area contributed by atoms with Gasteiger partial charge in [0.2, 0.25) is 5.91 Å². The number of thioether (sulfide) groups is 1. The third kappa shape index (κ3) is 3.38. The van der Waals surface area contributed by atoms with Gasteiger partial charge in [0.15, 0.2) is 11.7 Å². The third-order valence-corrected chi connectivity index (χ3v) is 4.60. The van der Waals surface area contributed by atoms with Crippen molar-refractivity contribution in [1.82, 2.24) is 4.90 Å². The fourth-order valence-electron chi connectivity index (χ4n) is 2.49. The second-order valence-corrected chi connectivity index (χ2v) is 6.11. The normalized spacial score (nSPS) is 24.6. The summed E-state index contributed by atoms with van der Waals surface area (Å²) in [6, 6.07) is 1.92. The van der Waals surface area contributed by atoms with Gasteiger partial charge in [0.05, 0.1) is 6.07 Å². The molecular formula is C14H18N2O2S. The van der Waals surface area contributed by atoms with E-state index in [2.05, 4.69) is 6.08 Å². The molecule has 1 fully saturated rings. The van der Waals surface area contributed by atoms with Crippen molar-refractivity contribution in [1.29, 1.82) is 5.26 Å². The molecule has 0 bridgehead atoms. The van der Waals surface area contributed by atoms with E-state index < -0.39 is 5.92 Å². The van der Waals surface area contributed by atoms with Crippen LogP contribution in [0.15, 0.2) is 12.2 Å². The van der Waals surface area contributed by atoms with Gasteiger partial charge >= 0.3 is 0 Å². The topological polar surface area (TPSA) is 61.2 Å². The van der Waals surface area contributed by atoms with E-state index in [4.69, 9.17) is 0 Å². The molecule has 5 heteroatoms. The molecule has 19 heavy (non-hydrogen) atoms. The van der Waals surface area contributed by atoms with Gasteiger partial charge in [-0.1, -0.05) is 12.2 Å². The molecule has 1 aliphatic carbocycles. The molecule has 102 valence electrons. The van der Waals surface area contributed by atoms with Crippen LogP contribution in [0.25, 0.3) is 0 Å². The monoisotopic (exact) mass is 278 g/mol. The number of nitriles is 1. The molecule has 0 aromatic rings. The van der Waals surface area contributed by atoms with Crippen LogP contribution in [-0.4, -0.2) is 41.2 Å². The predicted molar refractivity (Wildman–Crippen MR) is 74.5 cm³/mol. The molecule has 0 aromatic carbocycles. The minimum absolute atomic E-state index is 0.155. The van der Waals surface area contributed by atoms with Crippen molar-refractivity contribution in [3.8, 4) is 6.07 Å². The van der Waals surface area contributed by atoms with Gasteiger partial charge in [-0.3, -0.25) is 9.59 Å². The smallest absolute Gasteiger partial charge is 0.247 e. The van der Waals surface area contributed by atoms with Crippen LogP contribution < -0.4 is 0 Å².